The minimum atomic E-state index is -1.13. The van der Waals surface area contributed by atoms with Crippen LogP contribution in [0.3, 0.4) is 0 Å². The van der Waals surface area contributed by atoms with Gasteiger partial charge in [0.2, 0.25) is 0 Å². The molecule has 1 aromatic carbocycles. The molecule has 0 spiro atoms. The molecular formula is C13H13ClN2O4. The number of imide groups is 1. The number of primary amides is 1. The van der Waals surface area contributed by atoms with E-state index in [1.165, 1.54) is 13.0 Å². The van der Waals surface area contributed by atoms with Crippen LogP contribution in [0.1, 0.15) is 12.5 Å². The van der Waals surface area contributed by atoms with Crippen LogP contribution < -0.4 is 11.1 Å². The van der Waals surface area contributed by atoms with E-state index in [1.807, 2.05) is 5.32 Å². The Kier molecular flexibility index (Phi) is 5.74. The number of amides is 3. The molecule has 0 saturated carbocycles. The van der Waals surface area contributed by atoms with Gasteiger partial charge in [0, 0.05) is 11.1 Å². The van der Waals surface area contributed by atoms with Crippen molar-refractivity contribution in [1.82, 2.24) is 5.32 Å². The Labute approximate surface area is 120 Å². The predicted molar refractivity (Wildman–Crippen MR) is 73.8 cm³/mol. The van der Waals surface area contributed by atoms with Gasteiger partial charge in [0.1, 0.15) is 0 Å². The van der Waals surface area contributed by atoms with Crippen LogP contribution in [-0.2, 0) is 14.3 Å². The Morgan fingerprint density at radius 2 is 2.00 bits per heavy atom. The molecule has 0 bridgehead atoms. The van der Waals surface area contributed by atoms with Crippen molar-refractivity contribution in [1.29, 1.82) is 0 Å². The van der Waals surface area contributed by atoms with Crippen LogP contribution in [0.4, 0.5) is 4.79 Å². The van der Waals surface area contributed by atoms with E-state index in [2.05, 4.69) is 0 Å². The maximum atomic E-state index is 11.5. The van der Waals surface area contributed by atoms with Crippen molar-refractivity contribution in [2.24, 2.45) is 5.73 Å². The Morgan fingerprint density at radius 1 is 1.35 bits per heavy atom. The zero-order chi connectivity index (χ0) is 15.1. The molecule has 1 rings (SSSR count). The summed E-state index contributed by atoms with van der Waals surface area (Å²) in [5.41, 5.74) is 5.41. The van der Waals surface area contributed by atoms with E-state index in [1.54, 1.807) is 24.3 Å². The topological polar surface area (TPSA) is 98.5 Å². The number of carbonyl (C=O) groups is 3. The van der Waals surface area contributed by atoms with Crippen molar-refractivity contribution in [3.05, 3.63) is 40.9 Å². The highest BCUT2D eigenvalue weighted by Crippen LogP contribution is 2.16. The molecule has 0 heterocycles. The smallest absolute Gasteiger partial charge is 0.331 e. The molecule has 1 aromatic rings. The fourth-order valence-electron chi connectivity index (χ4n) is 1.26. The van der Waals surface area contributed by atoms with E-state index < -0.39 is 24.0 Å². The van der Waals surface area contributed by atoms with E-state index in [0.29, 0.717) is 10.6 Å². The van der Waals surface area contributed by atoms with Gasteiger partial charge in [0.25, 0.3) is 5.91 Å². The number of nitrogens with one attached hydrogen (secondary N) is 1. The first-order valence-electron chi connectivity index (χ1n) is 5.63. The number of esters is 1. The number of hydrogen-bond donors (Lipinski definition) is 2. The van der Waals surface area contributed by atoms with Gasteiger partial charge >= 0.3 is 12.0 Å². The average Bonchev–Trinajstić information content (AvgIpc) is 2.37. The number of benzene rings is 1. The lowest BCUT2D eigenvalue weighted by Gasteiger charge is -2.10. The fraction of sp³-hybridized carbons (Fsp3) is 0.154. The molecule has 3 amide bonds. The molecular weight excluding hydrogens is 284 g/mol. The van der Waals surface area contributed by atoms with E-state index in [4.69, 9.17) is 22.1 Å². The predicted octanol–water partition coefficient (Wildman–Crippen LogP) is 1.48. The highest BCUT2D eigenvalue weighted by molar-refractivity contribution is 6.32. The summed E-state index contributed by atoms with van der Waals surface area (Å²) in [5.74, 6) is -1.53. The van der Waals surface area contributed by atoms with Crippen LogP contribution in [0.5, 0.6) is 0 Å². The van der Waals surface area contributed by atoms with Gasteiger partial charge < -0.3 is 10.5 Å². The number of urea groups is 1. The van der Waals surface area contributed by atoms with Crippen molar-refractivity contribution in [3.8, 4) is 0 Å². The van der Waals surface area contributed by atoms with Gasteiger partial charge in [-0.05, 0) is 24.6 Å². The monoisotopic (exact) mass is 296 g/mol. The molecule has 0 radical (unpaired) electrons. The van der Waals surface area contributed by atoms with Crippen LogP contribution >= 0.6 is 11.6 Å². The summed E-state index contributed by atoms with van der Waals surface area (Å²) in [7, 11) is 0. The molecule has 3 N–H and O–H groups in total. The van der Waals surface area contributed by atoms with E-state index in [0.717, 1.165) is 6.08 Å². The van der Waals surface area contributed by atoms with E-state index in [-0.39, 0.29) is 0 Å². The second kappa shape index (κ2) is 7.30. The molecule has 0 saturated heterocycles. The summed E-state index contributed by atoms with van der Waals surface area (Å²) < 4.78 is 4.79. The van der Waals surface area contributed by atoms with E-state index >= 15 is 0 Å². The van der Waals surface area contributed by atoms with Crippen molar-refractivity contribution in [2.45, 2.75) is 13.0 Å². The number of halogens is 1. The number of nitrogens with two attached hydrogens (primary N) is 1. The Morgan fingerprint density at radius 3 is 2.60 bits per heavy atom. The minimum Gasteiger partial charge on any atom is -0.449 e. The van der Waals surface area contributed by atoms with Crippen molar-refractivity contribution in [3.63, 3.8) is 0 Å². The Bertz CT molecular complexity index is 557. The number of ether oxygens (including phenoxy) is 1. The third-order valence-corrected chi connectivity index (χ3v) is 2.56. The van der Waals surface area contributed by atoms with Crippen LogP contribution in [-0.4, -0.2) is 24.0 Å². The second-order valence-corrected chi connectivity index (χ2v) is 4.19. The first-order chi connectivity index (χ1) is 9.40. The summed E-state index contributed by atoms with van der Waals surface area (Å²) >= 11 is 5.90. The first kappa shape index (κ1) is 15.7. The number of carbonyl (C=O) groups excluding carboxylic acids is 3. The van der Waals surface area contributed by atoms with Crippen molar-refractivity contribution >= 4 is 35.6 Å². The van der Waals surface area contributed by atoms with Crippen LogP contribution in [0, 0.1) is 0 Å². The highest BCUT2D eigenvalue weighted by Gasteiger charge is 2.17. The molecule has 7 heteroatoms. The third-order valence-electron chi connectivity index (χ3n) is 2.21. The van der Waals surface area contributed by atoms with Gasteiger partial charge in [-0.15, -0.1) is 0 Å². The molecule has 0 aliphatic heterocycles. The molecule has 0 aromatic heterocycles. The standard InChI is InChI=1S/C13H13ClN2O4/c1-8(12(18)16-13(15)19)20-11(17)7-6-9-4-2-3-5-10(9)14/h2-8H,1H3,(H3,15,16,18,19)/b7-6+/t8-/m1/s1. The third kappa shape index (κ3) is 5.11. The molecule has 0 unspecified atom stereocenters. The normalized spacial score (nSPS) is 11.9. The maximum absolute atomic E-state index is 11.5. The number of rotatable bonds is 4. The molecule has 20 heavy (non-hydrogen) atoms. The molecule has 1 atom stereocenters. The summed E-state index contributed by atoms with van der Waals surface area (Å²) in [6, 6.07) is 5.91. The first-order valence-corrected chi connectivity index (χ1v) is 6.01. The summed E-state index contributed by atoms with van der Waals surface area (Å²) in [6.07, 6.45) is 1.46. The molecule has 106 valence electrons. The van der Waals surface area contributed by atoms with Gasteiger partial charge in [-0.25, -0.2) is 9.59 Å². The van der Waals surface area contributed by atoms with Gasteiger partial charge in [0.15, 0.2) is 6.10 Å². The average molecular weight is 297 g/mol. The summed E-state index contributed by atoms with van der Waals surface area (Å²) in [5, 5.41) is 2.29. The van der Waals surface area contributed by atoms with Crippen LogP contribution in [0.25, 0.3) is 6.08 Å². The van der Waals surface area contributed by atoms with Gasteiger partial charge in [0.05, 0.1) is 0 Å². The Hall–Kier alpha value is -2.34. The number of hydrogen-bond acceptors (Lipinski definition) is 4. The SMILES string of the molecule is C[C@@H](OC(=O)/C=C/c1ccccc1Cl)C(=O)NC(N)=O. The fourth-order valence-corrected chi connectivity index (χ4v) is 1.46. The van der Waals surface area contributed by atoms with Gasteiger partial charge in [-0.3, -0.25) is 10.1 Å². The quantitative estimate of drug-likeness (QED) is 0.649. The lowest BCUT2D eigenvalue weighted by Crippen LogP contribution is -2.42. The van der Waals surface area contributed by atoms with Crippen molar-refractivity contribution < 1.29 is 19.1 Å². The minimum absolute atomic E-state index is 0.482. The Balaban J connectivity index is 2.58. The molecule has 0 aliphatic carbocycles. The summed E-state index contributed by atoms with van der Waals surface area (Å²) in [4.78, 5) is 33.2. The van der Waals surface area contributed by atoms with E-state index in [9.17, 15) is 14.4 Å². The molecule has 0 fully saturated rings. The van der Waals surface area contributed by atoms with Crippen molar-refractivity contribution in [2.75, 3.05) is 0 Å². The zero-order valence-electron chi connectivity index (χ0n) is 10.6. The zero-order valence-corrected chi connectivity index (χ0v) is 11.4. The van der Waals surface area contributed by atoms with Crippen LogP contribution in [0.15, 0.2) is 30.3 Å². The lowest BCUT2D eigenvalue weighted by atomic mass is 10.2. The van der Waals surface area contributed by atoms with Crippen LogP contribution in [0.2, 0.25) is 5.02 Å². The van der Waals surface area contributed by atoms with Gasteiger partial charge in [-0.1, -0.05) is 29.8 Å². The molecule has 6 nitrogen and oxygen atoms in total. The van der Waals surface area contributed by atoms with Gasteiger partial charge in [-0.2, -0.15) is 0 Å². The maximum Gasteiger partial charge on any atom is 0.331 e. The molecule has 0 aliphatic rings. The largest absolute Gasteiger partial charge is 0.449 e. The lowest BCUT2D eigenvalue weighted by molar-refractivity contribution is -0.149. The summed E-state index contributed by atoms with van der Waals surface area (Å²) in [6.45, 7) is 1.32. The highest BCUT2D eigenvalue weighted by atomic mass is 35.5. The second-order valence-electron chi connectivity index (χ2n) is 3.79.